The lowest BCUT2D eigenvalue weighted by molar-refractivity contribution is 0.0942. The molecule has 0 bridgehead atoms. The summed E-state index contributed by atoms with van der Waals surface area (Å²) in [4.78, 5) is 23.4. The van der Waals surface area contributed by atoms with Crippen molar-refractivity contribution in [1.82, 2.24) is 20.2 Å². The molecule has 8 heteroatoms. The maximum absolute atomic E-state index is 12.8. The number of carbonyl (C=O) groups is 1. The highest BCUT2D eigenvalue weighted by Crippen LogP contribution is 2.29. The van der Waals surface area contributed by atoms with E-state index in [2.05, 4.69) is 47.9 Å². The van der Waals surface area contributed by atoms with Gasteiger partial charge in [0.1, 0.15) is 0 Å². The molecule has 1 aromatic heterocycles. The van der Waals surface area contributed by atoms with Crippen LogP contribution < -0.4 is 5.32 Å². The van der Waals surface area contributed by atoms with Crippen molar-refractivity contribution in [3.05, 3.63) is 69.9 Å². The van der Waals surface area contributed by atoms with Crippen LogP contribution in [0.4, 0.5) is 0 Å². The third kappa shape index (κ3) is 6.04. The van der Waals surface area contributed by atoms with Gasteiger partial charge < -0.3 is 15.5 Å². The number of benzene rings is 2. The Labute approximate surface area is 205 Å². The molecule has 2 aromatic carbocycles. The van der Waals surface area contributed by atoms with Gasteiger partial charge in [-0.2, -0.15) is 4.98 Å². The summed E-state index contributed by atoms with van der Waals surface area (Å²) in [7, 11) is 0. The number of amides is 1. The molecule has 7 nitrogen and oxygen atoms in total. The van der Waals surface area contributed by atoms with E-state index in [4.69, 9.17) is 11.6 Å². The first-order chi connectivity index (χ1) is 16.1. The maximum Gasteiger partial charge on any atom is 0.274 e. The Hall–Kier alpha value is -3.16. The molecule has 0 saturated heterocycles. The minimum atomic E-state index is -0.662. The molecule has 34 heavy (non-hydrogen) atoms. The zero-order valence-corrected chi connectivity index (χ0v) is 20.9. The van der Waals surface area contributed by atoms with Crippen LogP contribution in [0.1, 0.15) is 54.9 Å². The lowest BCUT2D eigenvalue weighted by Crippen LogP contribution is -2.36. The first kappa shape index (κ1) is 25.5. The first-order valence-electron chi connectivity index (χ1n) is 11.2. The predicted molar refractivity (Wildman–Crippen MR) is 134 cm³/mol. The molecule has 3 rings (SSSR count). The van der Waals surface area contributed by atoms with Crippen LogP contribution in [0.25, 0.3) is 11.4 Å². The number of aromatic nitrogens is 2. The fraction of sp³-hybridized carbons (Fsp3) is 0.346. The normalized spacial score (nSPS) is 11.4. The Kier molecular flexibility index (Phi) is 8.12. The van der Waals surface area contributed by atoms with Crippen molar-refractivity contribution in [2.75, 3.05) is 0 Å². The van der Waals surface area contributed by atoms with E-state index < -0.39 is 17.5 Å². The van der Waals surface area contributed by atoms with Crippen LogP contribution in [0.2, 0.25) is 5.02 Å². The number of aryl methyl sites for hydroxylation is 1. The van der Waals surface area contributed by atoms with E-state index in [0.29, 0.717) is 22.7 Å². The summed E-state index contributed by atoms with van der Waals surface area (Å²) >= 11 is 6.15. The van der Waals surface area contributed by atoms with Gasteiger partial charge in [-0.15, -0.1) is 0 Å². The summed E-state index contributed by atoms with van der Waals surface area (Å²) in [5.41, 5.74) is 3.14. The van der Waals surface area contributed by atoms with Gasteiger partial charge in [-0.3, -0.25) is 9.69 Å². The molecule has 1 heterocycles. The Morgan fingerprint density at radius 1 is 1.03 bits per heavy atom. The number of rotatable bonds is 8. The highest BCUT2D eigenvalue weighted by Gasteiger charge is 2.21. The number of hydrogen-bond acceptors (Lipinski definition) is 6. The second-order valence-corrected chi connectivity index (χ2v) is 9.30. The van der Waals surface area contributed by atoms with Crippen molar-refractivity contribution in [3.63, 3.8) is 0 Å². The lowest BCUT2D eigenvalue weighted by atomic mass is 10.1. The van der Waals surface area contributed by atoms with E-state index in [1.807, 2.05) is 37.3 Å². The Morgan fingerprint density at radius 3 is 2.38 bits per heavy atom. The summed E-state index contributed by atoms with van der Waals surface area (Å²) in [6.45, 7) is 11.4. The molecule has 0 aliphatic heterocycles. The van der Waals surface area contributed by atoms with Crippen LogP contribution in [0.15, 0.2) is 42.5 Å². The van der Waals surface area contributed by atoms with Gasteiger partial charge >= 0.3 is 0 Å². The zero-order chi connectivity index (χ0) is 25.0. The largest absolute Gasteiger partial charge is 0.501 e. The highest BCUT2D eigenvalue weighted by atomic mass is 35.5. The van der Waals surface area contributed by atoms with Crippen LogP contribution >= 0.6 is 11.6 Å². The number of hydrogen-bond donors (Lipinski definition) is 3. The summed E-state index contributed by atoms with van der Waals surface area (Å²) in [6.07, 6.45) is 0. The smallest absolute Gasteiger partial charge is 0.274 e. The molecule has 0 aliphatic carbocycles. The third-order valence-corrected chi connectivity index (χ3v) is 6.05. The average molecular weight is 483 g/mol. The van der Waals surface area contributed by atoms with Crippen LogP contribution in [0.3, 0.4) is 0 Å². The molecule has 1 amide bonds. The van der Waals surface area contributed by atoms with Crippen LogP contribution in [-0.2, 0) is 13.1 Å². The molecular weight excluding hydrogens is 452 g/mol. The Bertz CT molecular complexity index is 1170. The molecule has 3 N–H and O–H groups in total. The number of halogens is 1. The number of carbonyl (C=O) groups excluding carboxylic acids is 1. The van der Waals surface area contributed by atoms with Crippen molar-refractivity contribution in [1.29, 1.82) is 0 Å². The second-order valence-electron chi connectivity index (χ2n) is 8.89. The number of aromatic hydroxyl groups is 2. The summed E-state index contributed by atoms with van der Waals surface area (Å²) in [6, 6.07) is 13.9. The summed E-state index contributed by atoms with van der Waals surface area (Å²) < 4.78 is 0. The summed E-state index contributed by atoms with van der Waals surface area (Å²) in [5, 5.41) is 23.8. The topological polar surface area (TPSA) is 98.6 Å². The van der Waals surface area contributed by atoms with Crippen LogP contribution in [0, 0.1) is 6.92 Å². The SMILES string of the molecule is Cc1ccc(CNC(=O)c2nc(-c3cccc(CN(C(C)C)C(C)C)c3)nc(O)c2O)cc1Cl. The van der Waals surface area contributed by atoms with Crippen molar-refractivity contribution >= 4 is 17.5 Å². The molecule has 180 valence electrons. The maximum atomic E-state index is 12.8. The molecule has 0 radical (unpaired) electrons. The molecular formula is C26H31ClN4O3. The van der Waals surface area contributed by atoms with Gasteiger partial charge in [-0.1, -0.05) is 41.9 Å². The molecule has 0 saturated carbocycles. The average Bonchev–Trinajstić information content (AvgIpc) is 2.79. The highest BCUT2D eigenvalue weighted by molar-refractivity contribution is 6.31. The Balaban J connectivity index is 1.85. The van der Waals surface area contributed by atoms with E-state index in [9.17, 15) is 15.0 Å². The van der Waals surface area contributed by atoms with Crippen LogP contribution in [0.5, 0.6) is 11.6 Å². The Morgan fingerprint density at radius 2 is 1.74 bits per heavy atom. The van der Waals surface area contributed by atoms with Gasteiger partial charge in [0, 0.05) is 35.8 Å². The lowest BCUT2D eigenvalue weighted by Gasteiger charge is -2.30. The van der Waals surface area contributed by atoms with Crippen molar-refractivity contribution in [2.24, 2.45) is 0 Å². The number of nitrogens with one attached hydrogen (secondary N) is 1. The molecule has 0 atom stereocenters. The van der Waals surface area contributed by atoms with E-state index in [1.165, 1.54) is 0 Å². The molecule has 0 unspecified atom stereocenters. The third-order valence-electron chi connectivity index (χ3n) is 5.65. The number of nitrogens with zero attached hydrogens (tertiary/aromatic N) is 3. The van der Waals surface area contributed by atoms with Crippen LogP contribution in [-0.4, -0.2) is 43.1 Å². The monoisotopic (exact) mass is 482 g/mol. The minimum Gasteiger partial charge on any atom is -0.501 e. The zero-order valence-electron chi connectivity index (χ0n) is 20.1. The van der Waals surface area contributed by atoms with Gasteiger partial charge in [-0.25, -0.2) is 4.98 Å². The summed E-state index contributed by atoms with van der Waals surface area (Å²) in [5.74, 6) is -1.79. The predicted octanol–water partition coefficient (Wildman–Crippen LogP) is 5.07. The van der Waals surface area contributed by atoms with E-state index in [-0.39, 0.29) is 18.1 Å². The molecule has 0 spiro atoms. The minimum absolute atomic E-state index is 0.154. The van der Waals surface area contributed by atoms with Crippen molar-refractivity contribution in [3.8, 4) is 23.0 Å². The fourth-order valence-electron chi connectivity index (χ4n) is 3.72. The first-order valence-corrected chi connectivity index (χ1v) is 11.6. The second kappa shape index (κ2) is 10.8. The van der Waals surface area contributed by atoms with Gasteiger partial charge in [0.15, 0.2) is 11.5 Å². The van der Waals surface area contributed by atoms with Gasteiger partial charge in [0.25, 0.3) is 11.8 Å². The van der Waals surface area contributed by atoms with Crippen molar-refractivity contribution < 1.29 is 15.0 Å². The molecule has 3 aromatic rings. The van der Waals surface area contributed by atoms with Crippen molar-refractivity contribution in [2.45, 2.75) is 59.8 Å². The quantitative estimate of drug-likeness (QED) is 0.415. The van der Waals surface area contributed by atoms with E-state index >= 15 is 0 Å². The fourth-order valence-corrected chi connectivity index (χ4v) is 3.93. The van der Waals surface area contributed by atoms with E-state index in [1.54, 1.807) is 12.1 Å². The standard InChI is InChI=1S/C26H31ClN4O3/c1-15(2)31(16(3)4)14-19-7-6-8-20(11-19)24-29-22(23(32)26(34)30-24)25(33)28-13-18-10-9-17(5)21(27)12-18/h6-12,15-16,32H,13-14H2,1-5H3,(H,28,33)(H,29,30,34). The van der Waals surface area contributed by atoms with Gasteiger partial charge in [-0.05, 0) is 63.4 Å². The van der Waals surface area contributed by atoms with E-state index in [0.717, 1.165) is 23.2 Å². The molecule has 0 fully saturated rings. The van der Waals surface area contributed by atoms with Gasteiger partial charge in [0.2, 0.25) is 5.75 Å². The molecule has 0 aliphatic rings. The van der Waals surface area contributed by atoms with Gasteiger partial charge in [0.05, 0.1) is 0 Å².